The quantitative estimate of drug-likeness (QED) is 0.648. The number of nitrogens with two attached hydrogens (primary N) is 1. The van der Waals surface area contributed by atoms with Crippen LogP contribution in [-0.2, 0) is 6.54 Å². The molecule has 1 aliphatic carbocycles. The number of fused-ring (bicyclic) bond motifs is 1. The summed E-state index contributed by atoms with van der Waals surface area (Å²) < 4.78 is 0. The molecule has 4 N–H and O–H groups in total. The second kappa shape index (κ2) is 6.92. The molecule has 2 heterocycles. The summed E-state index contributed by atoms with van der Waals surface area (Å²) in [4.78, 5) is 12.8. The number of nitrogens with one attached hydrogen (secondary N) is 1. The Hall–Kier alpha value is -2.28. The highest BCUT2D eigenvalue weighted by molar-refractivity contribution is 5.86. The fraction of sp³-hybridized carbons (Fsp3) is 0.278. The second-order valence-electron chi connectivity index (χ2n) is 6.32. The van der Waals surface area contributed by atoms with E-state index in [1.165, 1.54) is 6.33 Å². The Balaban J connectivity index is 0.00000182. The summed E-state index contributed by atoms with van der Waals surface area (Å²) in [5.74, 6) is 0.387. The van der Waals surface area contributed by atoms with Crippen LogP contribution in [0.2, 0.25) is 0 Å². The van der Waals surface area contributed by atoms with Crippen LogP contribution in [0.1, 0.15) is 18.4 Å². The maximum Gasteiger partial charge on any atom is 0.153 e. The molecule has 0 bridgehead atoms. The molecule has 6 nitrogen and oxygen atoms in total. The van der Waals surface area contributed by atoms with Gasteiger partial charge in [0.25, 0.3) is 0 Å². The first-order chi connectivity index (χ1) is 11.7. The van der Waals surface area contributed by atoms with Gasteiger partial charge in [-0.2, -0.15) is 0 Å². The van der Waals surface area contributed by atoms with Crippen LogP contribution in [0.5, 0.6) is 0 Å². The predicted molar refractivity (Wildman–Crippen MR) is 100 cm³/mol. The molecule has 2 aromatic heterocycles. The number of anilines is 1. The van der Waals surface area contributed by atoms with Crippen LogP contribution in [0.3, 0.4) is 0 Å². The molecule has 1 aromatic carbocycles. The minimum Gasteiger partial charge on any atom is -0.394 e. The van der Waals surface area contributed by atoms with Crippen molar-refractivity contribution in [2.24, 2.45) is 0 Å². The van der Waals surface area contributed by atoms with Gasteiger partial charge in [0.1, 0.15) is 11.8 Å². The van der Waals surface area contributed by atoms with Crippen LogP contribution in [-0.4, -0.2) is 32.2 Å². The zero-order valence-corrected chi connectivity index (χ0v) is 14.5. The van der Waals surface area contributed by atoms with Gasteiger partial charge in [-0.05, 0) is 36.6 Å². The van der Waals surface area contributed by atoms with Gasteiger partial charge in [0, 0.05) is 17.6 Å². The van der Waals surface area contributed by atoms with Crippen molar-refractivity contribution in [1.29, 1.82) is 0 Å². The fourth-order valence-corrected chi connectivity index (χ4v) is 2.79. The van der Waals surface area contributed by atoms with Crippen LogP contribution in [0, 0.1) is 0 Å². The number of pyridine rings is 1. The molecule has 1 fully saturated rings. The molecule has 4 rings (SSSR count). The summed E-state index contributed by atoms with van der Waals surface area (Å²) in [6, 6.07) is 12.1. The van der Waals surface area contributed by atoms with E-state index in [1.54, 1.807) is 0 Å². The van der Waals surface area contributed by atoms with Crippen molar-refractivity contribution in [1.82, 2.24) is 20.3 Å². The van der Waals surface area contributed by atoms with E-state index in [2.05, 4.69) is 32.4 Å². The standard InChI is InChI=1S/C18H19N5O.ClH/c19-17-16-15(20-11-21-17)5-4-14(23-16)13-3-1-2-12(8-13)9-22-18(10-24)6-7-18;/h1-5,8,11,22,24H,6-7,9-10H2,(H2,19,20,21);1H. The molecule has 0 radical (unpaired) electrons. The zero-order chi connectivity index (χ0) is 16.6. The number of hydrogen-bond donors (Lipinski definition) is 3. The van der Waals surface area contributed by atoms with E-state index < -0.39 is 0 Å². The number of aliphatic hydroxyl groups is 1. The molecule has 130 valence electrons. The Morgan fingerprint density at radius 1 is 1.16 bits per heavy atom. The zero-order valence-electron chi connectivity index (χ0n) is 13.6. The Bertz CT molecular complexity index is 898. The van der Waals surface area contributed by atoms with Crippen LogP contribution in [0.15, 0.2) is 42.7 Å². The summed E-state index contributed by atoms with van der Waals surface area (Å²) >= 11 is 0. The minimum atomic E-state index is -0.0665. The Kier molecular flexibility index (Phi) is 4.85. The second-order valence-corrected chi connectivity index (χ2v) is 6.32. The molecule has 1 saturated carbocycles. The van der Waals surface area contributed by atoms with Crippen LogP contribution in [0.25, 0.3) is 22.3 Å². The molecule has 7 heteroatoms. The maximum atomic E-state index is 9.40. The lowest BCUT2D eigenvalue weighted by atomic mass is 10.1. The number of aliphatic hydroxyl groups excluding tert-OH is 1. The lowest BCUT2D eigenvalue weighted by Crippen LogP contribution is -2.34. The van der Waals surface area contributed by atoms with Crippen LogP contribution in [0.4, 0.5) is 5.82 Å². The first kappa shape index (κ1) is 17.5. The number of nitrogen functional groups attached to an aromatic ring is 1. The lowest BCUT2D eigenvalue weighted by molar-refractivity contribution is 0.229. The molecule has 1 aliphatic rings. The van der Waals surface area contributed by atoms with Crippen molar-refractivity contribution in [2.75, 3.05) is 12.3 Å². The van der Waals surface area contributed by atoms with Gasteiger partial charge in [0.15, 0.2) is 5.82 Å². The molecular formula is C18H20ClN5O. The molecule has 0 amide bonds. The number of aromatic nitrogens is 3. The number of hydrogen-bond acceptors (Lipinski definition) is 6. The fourth-order valence-electron chi connectivity index (χ4n) is 2.79. The molecule has 0 aliphatic heterocycles. The molecule has 0 unspecified atom stereocenters. The lowest BCUT2D eigenvalue weighted by Gasteiger charge is -2.14. The van der Waals surface area contributed by atoms with Gasteiger partial charge in [-0.25, -0.2) is 15.0 Å². The Morgan fingerprint density at radius 3 is 2.76 bits per heavy atom. The molecule has 0 atom stereocenters. The van der Waals surface area contributed by atoms with E-state index in [1.807, 2.05) is 24.3 Å². The van der Waals surface area contributed by atoms with Gasteiger partial charge in [0.2, 0.25) is 0 Å². The maximum absolute atomic E-state index is 9.40. The van der Waals surface area contributed by atoms with Gasteiger partial charge in [0.05, 0.1) is 17.8 Å². The van der Waals surface area contributed by atoms with E-state index in [-0.39, 0.29) is 24.6 Å². The third-order valence-corrected chi connectivity index (χ3v) is 4.56. The Labute approximate surface area is 151 Å². The van der Waals surface area contributed by atoms with Crippen LogP contribution >= 0.6 is 12.4 Å². The number of benzene rings is 1. The molecule has 0 spiro atoms. The van der Waals surface area contributed by atoms with E-state index in [0.29, 0.717) is 11.3 Å². The minimum absolute atomic E-state index is 0. The first-order valence-electron chi connectivity index (χ1n) is 8.02. The topological polar surface area (TPSA) is 97.0 Å². The van der Waals surface area contributed by atoms with Gasteiger partial charge < -0.3 is 16.2 Å². The molecule has 0 saturated heterocycles. The number of rotatable bonds is 5. The average Bonchev–Trinajstić information content (AvgIpc) is 3.41. The third kappa shape index (κ3) is 3.56. The van der Waals surface area contributed by atoms with Gasteiger partial charge in [-0.15, -0.1) is 12.4 Å². The van der Waals surface area contributed by atoms with Crippen molar-refractivity contribution < 1.29 is 5.11 Å². The third-order valence-electron chi connectivity index (χ3n) is 4.56. The van der Waals surface area contributed by atoms with Crippen molar-refractivity contribution in [3.8, 4) is 11.3 Å². The van der Waals surface area contributed by atoms with Crippen molar-refractivity contribution in [3.63, 3.8) is 0 Å². The summed E-state index contributed by atoms with van der Waals surface area (Å²) in [7, 11) is 0. The van der Waals surface area contributed by atoms with E-state index in [9.17, 15) is 5.11 Å². The summed E-state index contributed by atoms with van der Waals surface area (Å²) in [6.07, 6.45) is 3.52. The van der Waals surface area contributed by atoms with Gasteiger partial charge >= 0.3 is 0 Å². The molecule has 3 aromatic rings. The largest absolute Gasteiger partial charge is 0.394 e. The van der Waals surface area contributed by atoms with Crippen molar-refractivity contribution >= 4 is 29.3 Å². The summed E-state index contributed by atoms with van der Waals surface area (Å²) in [5, 5.41) is 12.8. The highest BCUT2D eigenvalue weighted by Gasteiger charge is 2.41. The Morgan fingerprint density at radius 2 is 2.00 bits per heavy atom. The highest BCUT2D eigenvalue weighted by Crippen LogP contribution is 2.35. The average molecular weight is 358 g/mol. The normalized spacial score (nSPS) is 14.9. The van der Waals surface area contributed by atoms with E-state index >= 15 is 0 Å². The van der Waals surface area contributed by atoms with Crippen molar-refractivity contribution in [2.45, 2.75) is 24.9 Å². The van der Waals surface area contributed by atoms with E-state index in [0.717, 1.165) is 41.7 Å². The first-order valence-corrected chi connectivity index (χ1v) is 8.02. The SMILES string of the molecule is Cl.Nc1ncnc2ccc(-c3cccc(CNC4(CO)CC4)c3)nc12. The predicted octanol–water partition coefficient (Wildman–Crippen LogP) is 2.31. The van der Waals surface area contributed by atoms with Crippen LogP contribution < -0.4 is 11.1 Å². The van der Waals surface area contributed by atoms with Crippen molar-refractivity contribution in [3.05, 3.63) is 48.3 Å². The highest BCUT2D eigenvalue weighted by atomic mass is 35.5. The molecule has 25 heavy (non-hydrogen) atoms. The smallest absolute Gasteiger partial charge is 0.153 e. The summed E-state index contributed by atoms with van der Waals surface area (Å²) in [5.41, 5.74) is 10.2. The monoisotopic (exact) mass is 357 g/mol. The number of halogens is 1. The van der Waals surface area contributed by atoms with Gasteiger partial charge in [-0.3, -0.25) is 0 Å². The van der Waals surface area contributed by atoms with E-state index in [4.69, 9.17) is 5.73 Å². The number of nitrogens with zero attached hydrogens (tertiary/aromatic N) is 3. The van der Waals surface area contributed by atoms with Gasteiger partial charge in [-0.1, -0.05) is 18.2 Å². The summed E-state index contributed by atoms with van der Waals surface area (Å²) in [6.45, 7) is 0.922. The molecular weight excluding hydrogens is 338 g/mol.